The Bertz CT molecular complexity index is 374. The molecule has 1 atom stereocenters. The molecular formula is C13H18FNO2S. The fourth-order valence-corrected chi connectivity index (χ4v) is 2.65. The molecule has 1 aromatic rings. The minimum absolute atomic E-state index is 0.0301. The second kappa shape index (κ2) is 6.52. The second-order valence-corrected chi connectivity index (χ2v) is 5.52. The van der Waals surface area contributed by atoms with Gasteiger partial charge in [0.05, 0.1) is 19.3 Å². The molecule has 2 bridgehead atoms. The van der Waals surface area contributed by atoms with Crippen molar-refractivity contribution in [2.75, 3.05) is 32.8 Å². The number of ether oxygens (including phenoxy) is 1. The summed E-state index contributed by atoms with van der Waals surface area (Å²) in [5.74, 6) is -0.0301. The Balaban J connectivity index is 0.000000136. The predicted octanol–water partition coefficient (Wildman–Crippen LogP) is 1.99. The highest BCUT2D eigenvalue weighted by Crippen LogP contribution is 2.42. The number of β-amino-alcohol motifs (C(OH)–C–C–N with tert-alkyl or cyclic N) is 1. The van der Waals surface area contributed by atoms with Gasteiger partial charge < -0.3 is 9.84 Å². The van der Waals surface area contributed by atoms with E-state index in [1.54, 1.807) is 12.1 Å². The fourth-order valence-electron chi connectivity index (χ4n) is 1.88. The number of benzene rings is 1. The van der Waals surface area contributed by atoms with E-state index in [2.05, 4.69) is 4.90 Å². The van der Waals surface area contributed by atoms with Crippen LogP contribution in [0.15, 0.2) is 28.0 Å². The van der Waals surface area contributed by atoms with Crippen LogP contribution in [0.4, 0.5) is 4.39 Å². The highest BCUT2D eigenvalue weighted by molar-refractivity contribution is 8.00. The summed E-state index contributed by atoms with van der Waals surface area (Å²) in [5.41, 5.74) is 0. The molecule has 0 saturated carbocycles. The minimum Gasteiger partial charge on any atom is -0.392 e. The monoisotopic (exact) mass is 271 g/mol. The molecule has 100 valence electrons. The average Bonchev–Trinajstić information content (AvgIpc) is 2.40. The van der Waals surface area contributed by atoms with Crippen LogP contribution in [0.1, 0.15) is 6.92 Å². The Morgan fingerprint density at radius 2 is 2.00 bits per heavy atom. The largest absolute Gasteiger partial charge is 0.392 e. The van der Waals surface area contributed by atoms with Crippen LogP contribution in [0.5, 0.6) is 0 Å². The third-order valence-corrected chi connectivity index (χ3v) is 3.84. The molecule has 1 aromatic carbocycles. The summed E-state index contributed by atoms with van der Waals surface area (Å²) in [6.07, 6.45) is -0.210. The van der Waals surface area contributed by atoms with Crippen molar-refractivity contribution in [1.82, 2.24) is 4.90 Å². The number of morpholine rings is 1. The Morgan fingerprint density at radius 3 is 2.39 bits per heavy atom. The molecule has 0 aromatic heterocycles. The van der Waals surface area contributed by atoms with Gasteiger partial charge in [-0.2, -0.15) is 0 Å². The zero-order chi connectivity index (χ0) is 13.0. The number of halogens is 1. The molecule has 3 heterocycles. The van der Waals surface area contributed by atoms with Crippen LogP contribution in [-0.4, -0.2) is 49.0 Å². The molecule has 4 rings (SSSR count). The van der Waals surface area contributed by atoms with E-state index in [1.807, 2.05) is 13.0 Å². The molecule has 3 aliphatic rings. The summed E-state index contributed by atoms with van der Waals surface area (Å²) < 4.78 is 17.5. The lowest BCUT2D eigenvalue weighted by molar-refractivity contribution is 0.0181. The number of hydrogen-bond donors (Lipinski definition) is 1. The molecule has 1 saturated heterocycles. The van der Waals surface area contributed by atoms with Crippen molar-refractivity contribution in [2.45, 2.75) is 22.8 Å². The maximum absolute atomic E-state index is 12.4. The molecule has 1 unspecified atom stereocenters. The van der Waals surface area contributed by atoms with Crippen LogP contribution in [0.25, 0.3) is 0 Å². The third kappa shape index (κ3) is 3.68. The highest BCUT2D eigenvalue weighted by atomic mass is 32.2. The first-order chi connectivity index (χ1) is 8.66. The van der Waals surface area contributed by atoms with E-state index in [-0.39, 0.29) is 11.9 Å². The number of fused-ring (bicyclic) bond motifs is 2. The van der Waals surface area contributed by atoms with Gasteiger partial charge >= 0.3 is 0 Å². The van der Waals surface area contributed by atoms with Crippen molar-refractivity contribution in [3.8, 4) is 0 Å². The lowest BCUT2D eigenvalue weighted by atomic mass is 10.3. The molecule has 1 fully saturated rings. The van der Waals surface area contributed by atoms with Crippen molar-refractivity contribution in [2.24, 2.45) is 0 Å². The Kier molecular flexibility index (Phi) is 5.00. The lowest BCUT2D eigenvalue weighted by Gasteiger charge is -2.27. The van der Waals surface area contributed by atoms with Gasteiger partial charge in [-0.25, -0.2) is 4.39 Å². The van der Waals surface area contributed by atoms with Gasteiger partial charge in [-0.1, -0.05) is 17.8 Å². The summed E-state index contributed by atoms with van der Waals surface area (Å²) in [6.45, 7) is 6.15. The van der Waals surface area contributed by atoms with Crippen LogP contribution < -0.4 is 0 Å². The van der Waals surface area contributed by atoms with E-state index < -0.39 is 0 Å². The van der Waals surface area contributed by atoms with Crippen LogP contribution >= 0.6 is 11.8 Å². The molecule has 3 nitrogen and oxygen atoms in total. The van der Waals surface area contributed by atoms with Crippen molar-refractivity contribution in [1.29, 1.82) is 0 Å². The standard InChI is InChI=1S/C7H15NO2.C6H3FS/c1-7(9)6-8-2-4-10-5-3-8;7-6-4-2-1-3-5(6)8-4/h7,9H,2-6H2,1H3;1-3H. The molecule has 18 heavy (non-hydrogen) atoms. The summed E-state index contributed by atoms with van der Waals surface area (Å²) in [5, 5.41) is 9.02. The molecule has 5 heteroatoms. The van der Waals surface area contributed by atoms with Gasteiger partial charge in [0.25, 0.3) is 0 Å². The fraction of sp³-hybridized carbons (Fsp3) is 0.538. The van der Waals surface area contributed by atoms with E-state index >= 15 is 0 Å². The first kappa shape index (κ1) is 13.8. The number of rotatable bonds is 2. The topological polar surface area (TPSA) is 32.7 Å². The van der Waals surface area contributed by atoms with Crippen molar-refractivity contribution < 1.29 is 14.2 Å². The second-order valence-electron chi connectivity index (χ2n) is 4.43. The predicted molar refractivity (Wildman–Crippen MR) is 69.5 cm³/mol. The molecule has 0 amide bonds. The van der Waals surface area contributed by atoms with Gasteiger partial charge in [0.1, 0.15) is 0 Å². The number of nitrogens with zero attached hydrogens (tertiary/aromatic N) is 1. The molecule has 0 radical (unpaired) electrons. The number of hydrogen-bond acceptors (Lipinski definition) is 4. The molecule has 0 aliphatic carbocycles. The molecule has 0 spiro atoms. The normalized spacial score (nSPS) is 19.5. The Labute approximate surface area is 111 Å². The van der Waals surface area contributed by atoms with Crippen molar-refractivity contribution in [3.05, 3.63) is 24.0 Å². The maximum atomic E-state index is 12.4. The molecular weight excluding hydrogens is 253 g/mol. The van der Waals surface area contributed by atoms with Gasteiger partial charge in [-0.15, -0.1) is 0 Å². The quantitative estimate of drug-likeness (QED) is 0.905. The Morgan fingerprint density at radius 1 is 1.39 bits per heavy atom. The minimum atomic E-state index is -0.210. The van der Waals surface area contributed by atoms with Crippen LogP contribution in [0.3, 0.4) is 0 Å². The van der Waals surface area contributed by atoms with Gasteiger partial charge in [0, 0.05) is 29.4 Å². The summed E-state index contributed by atoms with van der Waals surface area (Å²) in [7, 11) is 0. The molecule has 1 N–H and O–H groups in total. The van der Waals surface area contributed by atoms with Gasteiger partial charge in [0.2, 0.25) is 0 Å². The van der Waals surface area contributed by atoms with Crippen molar-refractivity contribution in [3.63, 3.8) is 0 Å². The van der Waals surface area contributed by atoms with Crippen LogP contribution in [0.2, 0.25) is 0 Å². The van der Waals surface area contributed by atoms with Gasteiger partial charge in [-0.3, -0.25) is 4.90 Å². The smallest absolute Gasteiger partial charge is 0.151 e. The Hall–Kier alpha value is -0.620. The summed E-state index contributed by atoms with van der Waals surface area (Å²) in [6, 6.07) is 5.43. The average molecular weight is 271 g/mol. The van der Waals surface area contributed by atoms with Gasteiger partial charge in [0.15, 0.2) is 5.82 Å². The summed E-state index contributed by atoms with van der Waals surface area (Å²) >= 11 is 1.50. The van der Waals surface area contributed by atoms with E-state index in [1.165, 1.54) is 11.8 Å². The van der Waals surface area contributed by atoms with Crippen molar-refractivity contribution >= 4 is 11.8 Å². The van der Waals surface area contributed by atoms with Crippen LogP contribution in [-0.2, 0) is 4.74 Å². The van der Waals surface area contributed by atoms with E-state index in [4.69, 9.17) is 9.84 Å². The first-order valence-corrected chi connectivity index (χ1v) is 6.93. The van der Waals surface area contributed by atoms with E-state index in [0.717, 1.165) is 42.6 Å². The highest BCUT2D eigenvalue weighted by Gasteiger charge is 2.18. The van der Waals surface area contributed by atoms with E-state index in [0.29, 0.717) is 0 Å². The maximum Gasteiger partial charge on any atom is 0.151 e. The SMILES string of the molecule is CC(O)CN1CCOCC1.Fc1c2cccc1S2. The lowest BCUT2D eigenvalue weighted by Crippen LogP contribution is -2.40. The summed E-state index contributed by atoms with van der Waals surface area (Å²) in [4.78, 5) is 3.78. The van der Waals surface area contributed by atoms with Crippen LogP contribution in [0, 0.1) is 5.82 Å². The van der Waals surface area contributed by atoms with E-state index in [9.17, 15) is 4.39 Å². The zero-order valence-electron chi connectivity index (χ0n) is 10.4. The zero-order valence-corrected chi connectivity index (χ0v) is 11.3. The number of aliphatic hydroxyl groups is 1. The molecule has 3 aliphatic heterocycles. The number of aliphatic hydroxyl groups excluding tert-OH is 1. The first-order valence-electron chi connectivity index (χ1n) is 6.11. The van der Waals surface area contributed by atoms with Gasteiger partial charge in [-0.05, 0) is 19.1 Å². The third-order valence-electron chi connectivity index (χ3n) is 2.77.